The molecule has 102 valence electrons. The highest BCUT2D eigenvalue weighted by molar-refractivity contribution is 5.69. The summed E-state index contributed by atoms with van der Waals surface area (Å²) in [6.45, 7) is 8.72. The molecule has 0 radical (unpaired) electrons. The van der Waals surface area contributed by atoms with Crippen molar-refractivity contribution < 1.29 is 9.53 Å². The van der Waals surface area contributed by atoms with Crippen LogP contribution < -0.4 is 0 Å². The largest absolute Gasteiger partial charge is 0.444 e. The van der Waals surface area contributed by atoms with Gasteiger partial charge in [-0.05, 0) is 39.8 Å². The third-order valence-corrected chi connectivity index (χ3v) is 3.22. The van der Waals surface area contributed by atoms with Crippen molar-refractivity contribution in [3.63, 3.8) is 0 Å². The lowest BCUT2D eigenvalue weighted by molar-refractivity contribution is 0.0126. The maximum Gasteiger partial charge on any atom is 0.410 e. The van der Waals surface area contributed by atoms with E-state index < -0.39 is 5.60 Å². The van der Waals surface area contributed by atoms with E-state index in [0.29, 0.717) is 18.8 Å². The summed E-state index contributed by atoms with van der Waals surface area (Å²) in [6.07, 6.45) is -0.300. The van der Waals surface area contributed by atoms with Gasteiger partial charge in [0.2, 0.25) is 0 Å². The summed E-state index contributed by atoms with van der Waals surface area (Å²) in [5, 5.41) is 9.02. The molecule has 2 rings (SSSR count). The molecule has 5 heteroatoms. The first-order valence-corrected chi connectivity index (χ1v) is 6.42. The summed E-state index contributed by atoms with van der Waals surface area (Å²) in [5.74, 6) is 0. The molecule has 0 unspecified atom stereocenters. The zero-order valence-corrected chi connectivity index (χ0v) is 11.8. The molecule has 1 aromatic heterocycles. The zero-order valence-electron chi connectivity index (χ0n) is 11.8. The number of nitrogens with zero attached hydrogens (tertiary/aromatic N) is 3. The number of ether oxygens (including phenoxy) is 1. The maximum absolute atomic E-state index is 12.1. The van der Waals surface area contributed by atoms with Gasteiger partial charge in [-0.2, -0.15) is 5.26 Å². The highest BCUT2D eigenvalue weighted by Crippen LogP contribution is 2.28. The van der Waals surface area contributed by atoms with Crippen molar-refractivity contribution in [3.05, 3.63) is 23.5 Å². The Morgan fingerprint density at radius 1 is 1.42 bits per heavy atom. The number of hydrogen-bond acceptors (Lipinski definition) is 3. The van der Waals surface area contributed by atoms with Gasteiger partial charge in [-0.25, -0.2) is 4.79 Å². The van der Waals surface area contributed by atoms with E-state index in [9.17, 15) is 4.79 Å². The van der Waals surface area contributed by atoms with Crippen LogP contribution >= 0.6 is 0 Å². The summed E-state index contributed by atoms with van der Waals surface area (Å²) in [6, 6.07) is 5.79. The molecule has 0 spiro atoms. The number of carbonyl (C=O) groups excluding carboxylic acids is 1. The van der Waals surface area contributed by atoms with Crippen molar-refractivity contribution in [3.8, 4) is 6.07 Å². The molecule has 5 nitrogen and oxygen atoms in total. The molecule has 2 heterocycles. The van der Waals surface area contributed by atoms with Crippen molar-refractivity contribution >= 4 is 6.09 Å². The van der Waals surface area contributed by atoms with E-state index >= 15 is 0 Å². The lowest BCUT2D eigenvalue weighted by Crippen LogP contribution is -2.43. The van der Waals surface area contributed by atoms with Crippen molar-refractivity contribution in [2.24, 2.45) is 0 Å². The van der Waals surface area contributed by atoms with Crippen LogP contribution in [0.15, 0.2) is 12.1 Å². The Labute approximate surface area is 113 Å². The fraction of sp³-hybridized carbons (Fsp3) is 0.571. The Balaban J connectivity index is 2.20. The van der Waals surface area contributed by atoms with Crippen LogP contribution in [0.25, 0.3) is 0 Å². The Bertz CT molecular complexity index is 534. The second-order valence-corrected chi connectivity index (χ2v) is 5.76. The monoisotopic (exact) mass is 261 g/mol. The number of fused-ring (bicyclic) bond motifs is 1. The number of aromatic nitrogens is 1. The summed E-state index contributed by atoms with van der Waals surface area (Å²) in [5.41, 5.74) is 1.13. The van der Waals surface area contributed by atoms with Crippen LogP contribution in [0, 0.1) is 11.3 Å². The van der Waals surface area contributed by atoms with Gasteiger partial charge >= 0.3 is 6.09 Å². The summed E-state index contributed by atoms with van der Waals surface area (Å²) in [7, 11) is 0. The number of hydrogen-bond donors (Lipinski definition) is 0. The standard InChI is InChI=1S/C14H19N3O2/c1-10-12-6-5-11(9-15)17(12)8-7-16(10)13(18)19-14(2,3)4/h5-6,10H,7-8H2,1-4H3/t10-/m1/s1. The lowest BCUT2D eigenvalue weighted by Gasteiger charge is -2.36. The van der Waals surface area contributed by atoms with Crippen LogP contribution in [0.1, 0.15) is 45.1 Å². The molecule has 1 amide bonds. The molecule has 1 aromatic rings. The van der Waals surface area contributed by atoms with Gasteiger partial charge < -0.3 is 9.30 Å². The molecule has 1 atom stereocenters. The molecule has 19 heavy (non-hydrogen) atoms. The summed E-state index contributed by atoms with van der Waals surface area (Å²) >= 11 is 0. The smallest absolute Gasteiger partial charge is 0.410 e. The van der Waals surface area contributed by atoms with E-state index in [0.717, 1.165) is 5.69 Å². The highest BCUT2D eigenvalue weighted by Gasteiger charge is 2.31. The minimum absolute atomic E-state index is 0.0781. The fourth-order valence-electron chi connectivity index (χ4n) is 2.33. The van der Waals surface area contributed by atoms with E-state index in [-0.39, 0.29) is 12.1 Å². The van der Waals surface area contributed by atoms with Crippen LogP contribution in [0.4, 0.5) is 4.79 Å². The average molecular weight is 261 g/mol. The van der Waals surface area contributed by atoms with Crippen molar-refractivity contribution in [1.82, 2.24) is 9.47 Å². The first kappa shape index (κ1) is 13.5. The quantitative estimate of drug-likeness (QED) is 0.721. The molecular weight excluding hydrogens is 242 g/mol. The maximum atomic E-state index is 12.1. The van der Waals surface area contributed by atoms with Gasteiger partial charge in [0.05, 0.1) is 6.04 Å². The molecule has 1 aliphatic heterocycles. The zero-order chi connectivity index (χ0) is 14.2. The number of nitriles is 1. The van der Waals surface area contributed by atoms with Gasteiger partial charge in [0.1, 0.15) is 17.4 Å². The normalized spacial score (nSPS) is 18.7. The molecule has 0 fully saturated rings. The number of rotatable bonds is 0. The minimum Gasteiger partial charge on any atom is -0.444 e. The van der Waals surface area contributed by atoms with Crippen LogP contribution in [0.3, 0.4) is 0 Å². The topological polar surface area (TPSA) is 58.3 Å². The molecular formula is C14H19N3O2. The van der Waals surface area contributed by atoms with E-state index in [4.69, 9.17) is 10.00 Å². The van der Waals surface area contributed by atoms with E-state index in [1.807, 2.05) is 38.3 Å². The fourth-order valence-corrected chi connectivity index (χ4v) is 2.33. The van der Waals surface area contributed by atoms with Gasteiger partial charge in [0.15, 0.2) is 0 Å². The second-order valence-electron chi connectivity index (χ2n) is 5.76. The molecule has 1 aliphatic rings. The third kappa shape index (κ3) is 2.58. The predicted molar refractivity (Wildman–Crippen MR) is 70.5 cm³/mol. The summed E-state index contributed by atoms with van der Waals surface area (Å²) < 4.78 is 7.37. The molecule has 0 saturated carbocycles. The van der Waals surface area contributed by atoms with Gasteiger partial charge in [-0.3, -0.25) is 4.90 Å². The molecule has 0 aromatic carbocycles. The Morgan fingerprint density at radius 2 is 2.11 bits per heavy atom. The Hall–Kier alpha value is -1.96. The van der Waals surface area contributed by atoms with Crippen molar-refractivity contribution in [1.29, 1.82) is 5.26 Å². The molecule has 0 bridgehead atoms. The van der Waals surface area contributed by atoms with Crippen LogP contribution in [-0.2, 0) is 11.3 Å². The predicted octanol–water partition coefficient (Wildman–Crippen LogP) is 2.67. The number of amides is 1. The molecule has 0 aliphatic carbocycles. The first-order valence-electron chi connectivity index (χ1n) is 6.42. The lowest BCUT2D eigenvalue weighted by atomic mass is 10.1. The van der Waals surface area contributed by atoms with Gasteiger partial charge in [-0.15, -0.1) is 0 Å². The van der Waals surface area contributed by atoms with Crippen LogP contribution in [0.5, 0.6) is 0 Å². The molecule has 0 N–H and O–H groups in total. The van der Waals surface area contributed by atoms with Crippen LogP contribution in [0.2, 0.25) is 0 Å². The van der Waals surface area contributed by atoms with E-state index in [1.54, 1.807) is 11.0 Å². The van der Waals surface area contributed by atoms with Crippen molar-refractivity contribution in [2.45, 2.75) is 45.9 Å². The van der Waals surface area contributed by atoms with E-state index in [1.165, 1.54) is 0 Å². The second kappa shape index (κ2) is 4.61. The third-order valence-electron chi connectivity index (χ3n) is 3.22. The average Bonchev–Trinajstić information content (AvgIpc) is 2.70. The van der Waals surface area contributed by atoms with Gasteiger partial charge in [0, 0.05) is 18.8 Å². The number of carbonyl (C=O) groups is 1. The van der Waals surface area contributed by atoms with E-state index in [2.05, 4.69) is 6.07 Å². The first-order chi connectivity index (χ1) is 8.83. The Kier molecular flexibility index (Phi) is 3.27. The highest BCUT2D eigenvalue weighted by atomic mass is 16.6. The van der Waals surface area contributed by atoms with Gasteiger partial charge in [0.25, 0.3) is 0 Å². The summed E-state index contributed by atoms with van der Waals surface area (Å²) in [4.78, 5) is 13.8. The van der Waals surface area contributed by atoms with Crippen molar-refractivity contribution in [2.75, 3.05) is 6.54 Å². The minimum atomic E-state index is -0.492. The molecule has 0 saturated heterocycles. The van der Waals surface area contributed by atoms with Crippen LogP contribution in [-0.4, -0.2) is 27.7 Å². The SMILES string of the molecule is C[C@@H]1c2ccc(C#N)n2CCN1C(=O)OC(C)(C)C. The van der Waals surface area contributed by atoms with Gasteiger partial charge in [-0.1, -0.05) is 0 Å². The Morgan fingerprint density at radius 3 is 2.68 bits per heavy atom.